The summed E-state index contributed by atoms with van der Waals surface area (Å²) in [6.45, 7) is 0. The number of furan rings is 1. The van der Waals surface area contributed by atoms with Crippen molar-refractivity contribution < 1.29 is 13.9 Å². The minimum absolute atomic E-state index is 0.608. The summed E-state index contributed by atoms with van der Waals surface area (Å²) in [5.41, 5.74) is 2.34. The summed E-state index contributed by atoms with van der Waals surface area (Å²) in [6, 6.07) is 13.7. The normalized spacial score (nSPS) is 11.3. The fourth-order valence-corrected chi connectivity index (χ4v) is 2.67. The maximum absolute atomic E-state index is 6.01. The number of benzene rings is 2. The van der Waals surface area contributed by atoms with Crippen LogP contribution in [0.15, 0.2) is 46.9 Å². The van der Waals surface area contributed by atoms with Crippen LogP contribution in [-0.4, -0.2) is 19.2 Å². The van der Waals surface area contributed by atoms with Gasteiger partial charge in [-0.1, -0.05) is 18.2 Å². The zero-order chi connectivity index (χ0) is 14.4. The van der Waals surface area contributed by atoms with Crippen LogP contribution in [0.2, 0.25) is 0 Å². The number of hydrogen-bond acceptors (Lipinski definition) is 4. The van der Waals surface area contributed by atoms with Crippen LogP contribution in [0, 0.1) is 0 Å². The number of methoxy groups -OCH3 is 2. The lowest BCUT2D eigenvalue weighted by molar-refractivity contribution is 0.405. The van der Waals surface area contributed by atoms with Crippen molar-refractivity contribution in [1.82, 2.24) is 4.98 Å². The minimum atomic E-state index is 0.608. The van der Waals surface area contributed by atoms with E-state index < -0.39 is 0 Å². The molecule has 21 heavy (non-hydrogen) atoms. The lowest BCUT2D eigenvalue weighted by Gasteiger charge is -2.04. The lowest BCUT2D eigenvalue weighted by atomic mass is 10.1. The van der Waals surface area contributed by atoms with Gasteiger partial charge in [0.25, 0.3) is 0 Å². The molecule has 0 spiro atoms. The predicted octanol–water partition coefficient (Wildman–Crippen LogP) is 4.15. The summed E-state index contributed by atoms with van der Waals surface area (Å²) in [6.07, 6.45) is 0. The van der Waals surface area contributed by atoms with Gasteiger partial charge < -0.3 is 13.9 Å². The summed E-state index contributed by atoms with van der Waals surface area (Å²) in [5.74, 6) is 1.37. The Bertz CT molecular complexity index is 972. The second kappa shape index (κ2) is 4.38. The predicted molar refractivity (Wildman–Crippen MR) is 82.1 cm³/mol. The number of nitrogens with zero attached hydrogens (tertiary/aromatic N) is 1. The van der Waals surface area contributed by atoms with Crippen LogP contribution in [0.1, 0.15) is 0 Å². The van der Waals surface area contributed by atoms with E-state index in [9.17, 15) is 0 Å². The van der Waals surface area contributed by atoms with Gasteiger partial charge in [0.05, 0.1) is 14.2 Å². The first-order chi connectivity index (χ1) is 10.3. The second-order valence-corrected chi connectivity index (χ2v) is 4.81. The van der Waals surface area contributed by atoms with Gasteiger partial charge in [-0.3, -0.25) is 0 Å². The number of hydrogen-bond donors (Lipinski definition) is 0. The topological polar surface area (TPSA) is 44.5 Å². The molecule has 0 aliphatic rings. The molecule has 0 fully saturated rings. The SMILES string of the molecule is COc1ccc2c(c1)oc1c3ccccc3c(OC)nc21. The van der Waals surface area contributed by atoms with Gasteiger partial charge in [-0.15, -0.1) is 0 Å². The largest absolute Gasteiger partial charge is 0.497 e. The highest BCUT2D eigenvalue weighted by atomic mass is 16.5. The van der Waals surface area contributed by atoms with Gasteiger partial charge in [0.1, 0.15) is 16.8 Å². The Morgan fingerprint density at radius 2 is 1.71 bits per heavy atom. The Kier molecular flexibility index (Phi) is 2.51. The Balaban J connectivity index is 2.21. The first kappa shape index (κ1) is 12.0. The molecule has 2 aromatic heterocycles. The highest BCUT2D eigenvalue weighted by Gasteiger charge is 2.15. The summed E-state index contributed by atoms with van der Waals surface area (Å²) >= 11 is 0. The van der Waals surface area contributed by atoms with Crippen molar-refractivity contribution in [2.45, 2.75) is 0 Å². The molecule has 0 amide bonds. The van der Waals surface area contributed by atoms with E-state index in [0.29, 0.717) is 5.88 Å². The highest BCUT2D eigenvalue weighted by Crippen LogP contribution is 2.37. The third kappa shape index (κ3) is 1.65. The van der Waals surface area contributed by atoms with Crippen LogP contribution in [0.3, 0.4) is 0 Å². The van der Waals surface area contributed by atoms with Crippen LogP contribution >= 0.6 is 0 Å². The Hall–Kier alpha value is -2.75. The molecule has 2 aromatic carbocycles. The van der Waals surface area contributed by atoms with E-state index >= 15 is 0 Å². The van der Waals surface area contributed by atoms with E-state index in [1.807, 2.05) is 42.5 Å². The molecule has 4 nitrogen and oxygen atoms in total. The van der Waals surface area contributed by atoms with Crippen molar-refractivity contribution in [3.05, 3.63) is 42.5 Å². The van der Waals surface area contributed by atoms with Crippen LogP contribution in [0.25, 0.3) is 32.8 Å². The van der Waals surface area contributed by atoms with Crippen LogP contribution in [-0.2, 0) is 0 Å². The van der Waals surface area contributed by atoms with Gasteiger partial charge in [-0.05, 0) is 18.2 Å². The number of ether oxygens (including phenoxy) is 2. The fourth-order valence-electron chi connectivity index (χ4n) is 2.67. The molecule has 0 atom stereocenters. The third-order valence-electron chi connectivity index (χ3n) is 3.68. The summed E-state index contributed by atoms with van der Waals surface area (Å²) < 4.78 is 16.7. The van der Waals surface area contributed by atoms with E-state index in [1.165, 1.54) is 0 Å². The molecule has 0 N–H and O–H groups in total. The maximum atomic E-state index is 6.01. The Morgan fingerprint density at radius 3 is 2.48 bits per heavy atom. The molecule has 104 valence electrons. The minimum Gasteiger partial charge on any atom is -0.497 e. The fraction of sp³-hybridized carbons (Fsp3) is 0.118. The van der Waals surface area contributed by atoms with Gasteiger partial charge in [-0.25, -0.2) is 4.98 Å². The Morgan fingerprint density at radius 1 is 0.905 bits per heavy atom. The molecule has 0 bridgehead atoms. The van der Waals surface area contributed by atoms with Gasteiger partial charge in [0, 0.05) is 22.2 Å². The molecule has 0 unspecified atom stereocenters. The summed E-state index contributed by atoms with van der Waals surface area (Å²) in [7, 11) is 3.27. The van der Waals surface area contributed by atoms with Crippen molar-refractivity contribution in [1.29, 1.82) is 0 Å². The molecular weight excluding hydrogens is 266 g/mol. The van der Waals surface area contributed by atoms with Crippen molar-refractivity contribution in [3.8, 4) is 11.6 Å². The van der Waals surface area contributed by atoms with Crippen molar-refractivity contribution in [3.63, 3.8) is 0 Å². The average Bonchev–Trinajstić information content (AvgIpc) is 2.91. The molecule has 0 aliphatic carbocycles. The molecule has 0 saturated heterocycles. The van der Waals surface area contributed by atoms with E-state index in [-0.39, 0.29) is 0 Å². The molecule has 4 rings (SSSR count). The molecule has 0 saturated carbocycles. The highest BCUT2D eigenvalue weighted by molar-refractivity contribution is 6.14. The first-order valence-corrected chi connectivity index (χ1v) is 6.65. The monoisotopic (exact) mass is 279 g/mol. The third-order valence-corrected chi connectivity index (χ3v) is 3.68. The number of fused-ring (bicyclic) bond motifs is 5. The van der Waals surface area contributed by atoms with Crippen molar-refractivity contribution in [2.75, 3.05) is 14.2 Å². The number of pyridine rings is 1. The Labute approximate surface area is 120 Å². The molecule has 0 aliphatic heterocycles. The van der Waals surface area contributed by atoms with Gasteiger partial charge in [0.15, 0.2) is 5.58 Å². The van der Waals surface area contributed by atoms with E-state index in [4.69, 9.17) is 13.9 Å². The smallest absolute Gasteiger partial charge is 0.221 e. The van der Waals surface area contributed by atoms with Crippen LogP contribution in [0.5, 0.6) is 11.6 Å². The number of rotatable bonds is 2. The van der Waals surface area contributed by atoms with Gasteiger partial charge >= 0.3 is 0 Å². The molecule has 4 heteroatoms. The standard InChI is InChI=1S/C17H13NO3/c1-19-10-7-8-13-14(9-10)21-16-11-5-3-4-6-12(11)17(20-2)18-15(13)16/h3-9H,1-2H3. The van der Waals surface area contributed by atoms with Gasteiger partial charge in [0.2, 0.25) is 5.88 Å². The van der Waals surface area contributed by atoms with Crippen LogP contribution < -0.4 is 9.47 Å². The summed E-state index contributed by atoms with van der Waals surface area (Å²) in [5, 5.41) is 2.89. The van der Waals surface area contributed by atoms with E-state index in [0.717, 1.165) is 38.6 Å². The molecular formula is C17H13NO3. The van der Waals surface area contributed by atoms with E-state index in [2.05, 4.69) is 4.98 Å². The van der Waals surface area contributed by atoms with E-state index in [1.54, 1.807) is 14.2 Å². The number of aromatic nitrogens is 1. The zero-order valence-corrected chi connectivity index (χ0v) is 11.7. The molecule has 4 aromatic rings. The van der Waals surface area contributed by atoms with Crippen molar-refractivity contribution >= 4 is 32.8 Å². The zero-order valence-electron chi connectivity index (χ0n) is 11.7. The van der Waals surface area contributed by atoms with Gasteiger partial charge in [-0.2, -0.15) is 0 Å². The quantitative estimate of drug-likeness (QED) is 0.553. The van der Waals surface area contributed by atoms with Crippen LogP contribution in [0.4, 0.5) is 0 Å². The lowest BCUT2D eigenvalue weighted by Crippen LogP contribution is -1.89. The molecule has 0 radical (unpaired) electrons. The average molecular weight is 279 g/mol. The second-order valence-electron chi connectivity index (χ2n) is 4.81. The maximum Gasteiger partial charge on any atom is 0.221 e. The summed E-state index contributed by atoms with van der Waals surface area (Å²) in [4.78, 5) is 4.61. The first-order valence-electron chi connectivity index (χ1n) is 6.65. The molecule has 2 heterocycles. The van der Waals surface area contributed by atoms with Crippen molar-refractivity contribution in [2.24, 2.45) is 0 Å².